The average Bonchev–Trinajstić information content (AvgIpc) is 2.19. The molecule has 1 aromatic carbocycles. The van der Waals surface area contributed by atoms with E-state index in [4.69, 9.17) is 5.26 Å². The van der Waals surface area contributed by atoms with Gasteiger partial charge in [-0.05, 0) is 30.7 Å². The van der Waals surface area contributed by atoms with Gasteiger partial charge in [0.1, 0.15) is 17.6 Å². The zero-order valence-electron chi connectivity index (χ0n) is 7.58. The highest BCUT2D eigenvalue weighted by Gasteiger charge is 2.02. The van der Waals surface area contributed by atoms with Gasteiger partial charge in [0, 0.05) is 11.5 Å². The normalized spacial score (nSPS) is 10.1. The number of hydrogen-bond acceptors (Lipinski definition) is 2. The fourth-order valence-electron chi connectivity index (χ4n) is 1.32. The van der Waals surface area contributed by atoms with Crippen LogP contribution in [-0.2, 0) is 0 Å². The van der Waals surface area contributed by atoms with E-state index in [9.17, 15) is 4.39 Å². The summed E-state index contributed by atoms with van der Waals surface area (Å²) in [5, 5.41) is 9.46. The lowest BCUT2D eigenvalue weighted by Gasteiger charge is -2.00. The zero-order valence-corrected chi connectivity index (χ0v) is 7.58. The van der Waals surface area contributed by atoms with Crippen LogP contribution in [-0.4, -0.2) is 4.98 Å². The van der Waals surface area contributed by atoms with E-state index in [0.717, 1.165) is 5.39 Å². The van der Waals surface area contributed by atoms with Crippen LogP contribution in [0.15, 0.2) is 24.3 Å². The second-order valence-corrected chi connectivity index (χ2v) is 3.10. The molecule has 0 aliphatic heterocycles. The molecule has 1 heterocycles. The maximum absolute atomic E-state index is 13.2. The van der Waals surface area contributed by atoms with Crippen molar-refractivity contribution in [3.8, 4) is 6.07 Å². The van der Waals surface area contributed by atoms with E-state index in [1.807, 2.05) is 6.07 Å². The molecule has 0 radical (unpaired) electrons. The maximum atomic E-state index is 13.2. The van der Waals surface area contributed by atoms with Gasteiger partial charge in [0.05, 0.1) is 5.52 Å². The molecule has 1 aromatic heterocycles. The SMILES string of the molecule is Cc1cc2ccc(C#N)nc2cc1F. The summed E-state index contributed by atoms with van der Waals surface area (Å²) < 4.78 is 13.2. The Kier molecular flexibility index (Phi) is 1.90. The van der Waals surface area contributed by atoms with Crippen molar-refractivity contribution in [2.75, 3.05) is 0 Å². The number of halogens is 1. The number of nitrogens with zero attached hydrogens (tertiary/aromatic N) is 2. The van der Waals surface area contributed by atoms with E-state index in [-0.39, 0.29) is 5.82 Å². The minimum atomic E-state index is -0.292. The van der Waals surface area contributed by atoms with E-state index in [2.05, 4.69) is 4.98 Å². The summed E-state index contributed by atoms with van der Waals surface area (Å²) in [4.78, 5) is 3.99. The van der Waals surface area contributed by atoms with Crippen molar-refractivity contribution in [1.29, 1.82) is 5.26 Å². The summed E-state index contributed by atoms with van der Waals surface area (Å²) in [7, 11) is 0. The fraction of sp³-hybridized carbons (Fsp3) is 0.0909. The van der Waals surface area contributed by atoms with Gasteiger partial charge in [-0.2, -0.15) is 5.26 Å². The van der Waals surface area contributed by atoms with Crippen LogP contribution in [0.1, 0.15) is 11.3 Å². The minimum Gasteiger partial charge on any atom is -0.237 e. The molecule has 2 aromatic rings. The van der Waals surface area contributed by atoms with Crippen molar-refractivity contribution in [3.63, 3.8) is 0 Å². The largest absolute Gasteiger partial charge is 0.237 e. The topological polar surface area (TPSA) is 36.7 Å². The lowest BCUT2D eigenvalue weighted by molar-refractivity contribution is 0.620. The van der Waals surface area contributed by atoms with Gasteiger partial charge in [-0.3, -0.25) is 0 Å². The number of aromatic nitrogens is 1. The molecule has 3 heteroatoms. The van der Waals surface area contributed by atoms with E-state index >= 15 is 0 Å². The molecule has 0 amide bonds. The Morgan fingerprint density at radius 3 is 2.86 bits per heavy atom. The second kappa shape index (κ2) is 3.08. The summed E-state index contributed by atoms with van der Waals surface area (Å²) >= 11 is 0. The van der Waals surface area contributed by atoms with E-state index in [0.29, 0.717) is 16.8 Å². The van der Waals surface area contributed by atoms with Crippen molar-refractivity contribution < 1.29 is 4.39 Å². The number of aryl methyl sites for hydroxylation is 1. The number of fused-ring (bicyclic) bond motifs is 1. The van der Waals surface area contributed by atoms with Crippen LogP contribution in [0.2, 0.25) is 0 Å². The van der Waals surface area contributed by atoms with E-state index in [1.54, 1.807) is 25.1 Å². The monoisotopic (exact) mass is 186 g/mol. The predicted molar refractivity (Wildman–Crippen MR) is 51.2 cm³/mol. The van der Waals surface area contributed by atoms with Crippen molar-refractivity contribution in [2.45, 2.75) is 6.92 Å². The maximum Gasteiger partial charge on any atom is 0.141 e. The van der Waals surface area contributed by atoms with Gasteiger partial charge in [-0.1, -0.05) is 0 Å². The Morgan fingerprint density at radius 1 is 1.36 bits per heavy atom. The van der Waals surface area contributed by atoms with Crippen molar-refractivity contribution in [2.24, 2.45) is 0 Å². The number of pyridine rings is 1. The van der Waals surface area contributed by atoms with Gasteiger partial charge < -0.3 is 0 Å². The molecular weight excluding hydrogens is 179 g/mol. The minimum absolute atomic E-state index is 0.292. The predicted octanol–water partition coefficient (Wildman–Crippen LogP) is 2.55. The Balaban J connectivity index is 2.78. The molecule has 0 unspecified atom stereocenters. The highest BCUT2D eigenvalue weighted by atomic mass is 19.1. The van der Waals surface area contributed by atoms with Gasteiger partial charge >= 0.3 is 0 Å². The molecule has 14 heavy (non-hydrogen) atoms. The summed E-state index contributed by atoms with van der Waals surface area (Å²) in [5.74, 6) is -0.292. The Bertz CT molecular complexity index is 541. The van der Waals surface area contributed by atoms with Gasteiger partial charge in [-0.15, -0.1) is 0 Å². The first-order chi connectivity index (χ1) is 6.70. The highest BCUT2D eigenvalue weighted by Crippen LogP contribution is 2.17. The Hall–Kier alpha value is -1.95. The fourth-order valence-corrected chi connectivity index (χ4v) is 1.32. The third-order valence-electron chi connectivity index (χ3n) is 2.08. The molecule has 0 fully saturated rings. The molecule has 0 aliphatic carbocycles. The molecular formula is C11H7FN2. The zero-order chi connectivity index (χ0) is 10.1. The van der Waals surface area contributed by atoms with Crippen LogP contribution >= 0.6 is 0 Å². The second-order valence-electron chi connectivity index (χ2n) is 3.10. The summed E-state index contributed by atoms with van der Waals surface area (Å²) in [6.07, 6.45) is 0. The molecule has 0 spiro atoms. The molecule has 0 N–H and O–H groups in total. The lowest BCUT2D eigenvalue weighted by Crippen LogP contribution is -1.88. The van der Waals surface area contributed by atoms with Crippen LogP contribution in [0.5, 0.6) is 0 Å². The number of nitriles is 1. The number of rotatable bonds is 0. The lowest BCUT2D eigenvalue weighted by atomic mass is 10.1. The summed E-state index contributed by atoms with van der Waals surface area (Å²) in [5.41, 5.74) is 1.41. The molecule has 2 nitrogen and oxygen atoms in total. The van der Waals surface area contributed by atoms with Gasteiger partial charge in [-0.25, -0.2) is 9.37 Å². The molecule has 2 rings (SSSR count). The number of hydrogen-bond donors (Lipinski definition) is 0. The first-order valence-corrected chi connectivity index (χ1v) is 4.18. The van der Waals surface area contributed by atoms with Gasteiger partial charge in [0.2, 0.25) is 0 Å². The molecule has 0 saturated carbocycles. The van der Waals surface area contributed by atoms with Crippen LogP contribution in [0.3, 0.4) is 0 Å². The third-order valence-corrected chi connectivity index (χ3v) is 2.08. The van der Waals surface area contributed by atoms with E-state index < -0.39 is 0 Å². The summed E-state index contributed by atoms with van der Waals surface area (Å²) in [6, 6.07) is 8.39. The van der Waals surface area contributed by atoms with E-state index in [1.165, 1.54) is 6.07 Å². The first-order valence-electron chi connectivity index (χ1n) is 4.18. The third kappa shape index (κ3) is 1.31. The quantitative estimate of drug-likeness (QED) is 0.634. The summed E-state index contributed by atoms with van der Waals surface area (Å²) in [6.45, 7) is 1.70. The first kappa shape index (κ1) is 8.64. The van der Waals surface area contributed by atoms with Crippen molar-refractivity contribution in [1.82, 2.24) is 4.98 Å². The molecule has 0 saturated heterocycles. The average molecular weight is 186 g/mol. The van der Waals surface area contributed by atoms with Crippen LogP contribution in [0.25, 0.3) is 10.9 Å². The van der Waals surface area contributed by atoms with Crippen LogP contribution in [0.4, 0.5) is 4.39 Å². The van der Waals surface area contributed by atoms with Crippen molar-refractivity contribution >= 4 is 10.9 Å². The molecule has 0 atom stereocenters. The van der Waals surface area contributed by atoms with Gasteiger partial charge in [0.25, 0.3) is 0 Å². The standard InChI is InChI=1S/C11H7FN2/c1-7-4-8-2-3-9(6-13)14-11(8)5-10(7)12/h2-5H,1H3. The van der Waals surface area contributed by atoms with Crippen LogP contribution < -0.4 is 0 Å². The van der Waals surface area contributed by atoms with Crippen LogP contribution in [0, 0.1) is 24.1 Å². The Labute approximate surface area is 80.6 Å². The number of benzene rings is 1. The molecule has 0 bridgehead atoms. The Morgan fingerprint density at radius 2 is 2.14 bits per heavy atom. The molecule has 68 valence electrons. The smallest absolute Gasteiger partial charge is 0.141 e. The highest BCUT2D eigenvalue weighted by molar-refractivity contribution is 5.79. The van der Waals surface area contributed by atoms with Crippen molar-refractivity contribution in [3.05, 3.63) is 41.3 Å². The van der Waals surface area contributed by atoms with Gasteiger partial charge in [0.15, 0.2) is 0 Å². The molecule has 0 aliphatic rings.